The molecule has 0 aromatic rings. The minimum absolute atomic E-state index is 0.177. The van der Waals surface area contributed by atoms with Crippen LogP contribution in [0.3, 0.4) is 0 Å². The van der Waals surface area contributed by atoms with Gasteiger partial charge in [-0.05, 0) is 20.8 Å². The van der Waals surface area contributed by atoms with Crippen LogP contribution in [-0.4, -0.2) is 54.0 Å². The smallest absolute Gasteiger partial charge is 0.223 e. The van der Waals surface area contributed by atoms with E-state index >= 15 is 0 Å². The number of rotatable bonds is 3. The maximum atomic E-state index is 11.7. The van der Waals surface area contributed by atoms with Gasteiger partial charge >= 0.3 is 0 Å². The topological polar surface area (TPSA) is 49.6 Å². The summed E-state index contributed by atoms with van der Waals surface area (Å²) >= 11 is 0. The molecule has 88 valence electrons. The van der Waals surface area contributed by atoms with Crippen molar-refractivity contribution in [1.82, 2.24) is 9.80 Å². The number of nitrogens with two attached hydrogens (primary N) is 1. The van der Waals surface area contributed by atoms with Crippen molar-refractivity contribution in [3.05, 3.63) is 0 Å². The maximum Gasteiger partial charge on any atom is 0.223 e. The lowest BCUT2D eigenvalue weighted by Crippen LogP contribution is -2.44. The number of amides is 1. The minimum atomic E-state index is 0.177. The van der Waals surface area contributed by atoms with E-state index in [0.717, 1.165) is 26.2 Å². The van der Waals surface area contributed by atoms with E-state index in [2.05, 4.69) is 11.8 Å². The molecule has 2 atom stereocenters. The summed E-state index contributed by atoms with van der Waals surface area (Å²) in [5.41, 5.74) is 5.80. The van der Waals surface area contributed by atoms with Gasteiger partial charge in [0.2, 0.25) is 5.91 Å². The summed E-state index contributed by atoms with van der Waals surface area (Å²) < 4.78 is 0. The molecular formula is C11H23N3O. The molecule has 0 bridgehead atoms. The Labute approximate surface area is 92.4 Å². The van der Waals surface area contributed by atoms with Gasteiger partial charge in [-0.25, -0.2) is 0 Å². The summed E-state index contributed by atoms with van der Waals surface area (Å²) in [4.78, 5) is 15.9. The van der Waals surface area contributed by atoms with Gasteiger partial charge in [0.1, 0.15) is 0 Å². The normalized spacial score (nSPS) is 26.5. The highest BCUT2D eigenvalue weighted by Crippen LogP contribution is 2.10. The first kappa shape index (κ1) is 12.5. The summed E-state index contributed by atoms with van der Waals surface area (Å²) in [6.07, 6.45) is 0.630. The molecule has 0 aromatic heterocycles. The maximum absolute atomic E-state index is 11.7. The lowest BCUT2D eigenvalue weighted by molar-refractivity contribution is -0.130. The van der Waals surface area contributed by atoms with Gasteiger partial charge < -0.3 is 10.6 Å². The van der Waals surface area contributed by atoms with E-state index in [4.69, 9.17) is 5.73 Å². The predicted molar refractivity (Wildman–Crippen MR) is 61.6 cm³/mol. The Morgan fingerprint density at radius 1 is 1.60 bits per heavy atom. The van der Waals surface area contributed by atoms with Gasteiger partial charge in [0.25, 0.3) is 0 Å². The van der Waals surface area contributed by atoms with E-state index in [1.165, 1.54) is 0 Å². The molecule has 0 aromatic carbocycles. The van der Waals surface area contributed by atoms with Crippen LogP contribution in [0.4, 0.5) is 0 Å². The van der Waals surface area contributed by atoms with Gasteiger partial charge in [-0.1, -0.05) is 0 Å². The zero-order chi connectivity index (χ0) is 11.4. The van der Waals surface area contributed by atoms with E-state index in [-0.39, 0.29) is 11.9 Å². The van der Waals surface area contributed by atoms with Crippen LogP contribution in [0, 0.1) is 0 Å². The molecular weight excluding hydrogens is 190 g/mol. The molecule has 2 unspecified atom stereocenters. The molecule has 1 amide bonds. The molecule has 0 spiro atoms. The van der Waals surface area contributed by atoms with Gasteiger partial charge in [-0.15, -0.1) is 0 Å². The summed E-state index contributed by atoms with van der Waals surface area (Å²) in [7, 11) is 0. The summed E-state index contributed by atoms with van der Waals surface area (Å²) in [5.74, 6) is 0.275. The second kappa shape index (κ2) is 5.47. The molecule has 1 rings (SSSR count). The highest BCUT2D eigenvalue weighted by atomic mass is 16.2. The van der Waals surface area contributed by atoms with Crippen molar-refractivity contribution in [3.8, 4) is 0 Å². The van der Waals surface area contributed by atoms with E-state index in [1.54, 1.807) is 0 Å². The van der Waals surface area contributed by atoms with E-state index in [1.807, 2.05) is 18.7 Å². The number of hydrogen-bond donors (Lipinski definition) is 1. The predicted octanol–water partition coefficient (Wildman–Crippen LogP) is 0.276. The Kier molecular flexibility index (Phi) is 4.54. The van der Waals surface area contributed by atoms with Crippen LogP contribution in [0.15, 0.2) is 0 Å². The highest BCUT2D eigenvalue weighted by Gasteiger charge is 2.25. The Morgan fingerprint density at radius 3 is 2.80 bits per heavy atom. The lowest BCUT2D eigenvalue weighted by atomic mass is 10.2. The van der Waals surface area contributed by atoms with Crippen molar-refractivity contribution in [2.24, 2.45) is 5.73 Å². The molecule has 0 saturated carbocycles. The van der Waals surface area contributed by atoms with E-state index in [0.29, 0.717) is 12.5 Å². The molecule has 15 heavy (non-hydrogen) atoms. The third-order valence-electron chi connectivity index (χ3n) is 2.98. The van der Waals surface area contributed by atoms with E-state index in [9.17, 15) is 4.79 Å². The summed E-state index contributed by atoms with van der Waals surface area (Å²) in [5, 5.41) is 0. The molecule has 2 N–H and O–H groups in total. The SMILES string of the molecule is CCN1CC(C)N(CC(C)N)CCC1=O. The molecule has 0 radical (unpaired) electrons. The molecule has 1 fully saturated rings. The molecule has 0 aliphatic carbocycles. The first-order valence-corrected chi connectivity index (χ1v) is 5.82. The molecule has 1 heterocycles. The number of likely N-dealkylation sites (N-methyl/N-ethyl adjacent to an activating group) is 1. The number of hydrogen-bond acceptors (Lipinski definition) is 3. The minimum Gasteiger partial charge on any atom is -0.341 e. The fourth-order valence-corrected chi connectivity index (χ4v) is 2.10. The van der Waals surface area contributed by atoms with Crippen molar-refractivity contribution in [1.29, 1.82) is 0 Å². The van der Waals surface area contributed by atoms with Crippen LogP contribution < -0.4 is 5.73 Å². The zero-order valence-electron chi connectivity index (χ0n) is 10.1. The average molecular weight is 213 g/mol. The average Bonchev–Trinajstić information content (AvgIpc) is 2.30. The van der Waals surface area contributed by atoms with Crippen molar-refractivity contribution in [2.45, 2.75) is 39.3 Å². The van der Waals surface area contributed by atoms with Crippen molar-refractivity contribution in [2.75, 3.05) is 26.2 Å². The summed E-state index contributed by atoms with van der Waals surface area (Å²) in [6.45, 7) is 9.59. The van der Waals surface area contributed by atoms with Crippen molar-refractivity contribution < 1.29 is 4.79 Å². The Balaban J connectivity index is 2.59. The molecule has 4 nitrogen and oxygen atoms in total. The third kappa shape index (κ3) is 3.47. The fraction of sp³-hybridized carbons (Fsp3) is 0.909. The van der Waals surface area contributed by atoms with Gasteiger partial charge in [0.05, 0.1) is 0 Å². The third-order valence-corrected chi connectivity index (χ3v) is 2.98. The first-order valence-electron chi connectivity index (χ1n) is 5.82. The monoisotopic (exact) mass is 213 g/mol. The van der Waals surface area contributed by atoms with Gasteiger partial charge in [-0.3, -0.25) is 9.69 Å². The molecule has 1 aliphatic rings. The van der Waals surface area contributed by atoms with Gasteiger partial charge in [0, 0.05) is 44.7 Å². The van der Waals surface area contributed by atoms with Crippen LogP contribution in [0.2, 0.25) is 0 Å². The number of carbonyl (C=O) groups is 1. The van der Waals surface area contributed by atoms with Crippen LogP contribution in [-0.2, 0) is 4.79 Å². The van der Waals surface area contributed by atoms with Crippen molar-refractivity contribution >= 4 is 5.91 Å². The lowest BCUT2D eigenvalue weighted by Gasteiger charge is -2.29. The number of carbonyl (C=O) groups excluding carboxylic acids is 1. The fourth-order valence-electron chi connectivity index (χ4n) is 2.10. The molecule has 1 saturated heterocycles. The number of nitrogens with zero attached hydrogens (tertiary/aromatic N) is 2. The van der Waals surface area contributed by atoms with Crippen LogP contribution in [0.1, 0.15) is 27.2 Å². The Bertz CT molecular complexity index is 218. The van der Waals surface area contributed by atoms with Crippen LogP contribution >= 0.6 is 0 Å². The molecule has 1 aliphatic heterocycles. The van der Waals surface area contributed by atoms with Crippen LogP contribution in [0.5, 0.6) is 0 Å². The molecule has 4 heteroatoms. The van der Waals surface area contributed by atoms with Crippen molar-refractivity contribution in [3.63, 3.8) is 0 Å². The first-order chi connectivity index (χ1) is 7.04. The Morgan fingerprint density at radius 2 is 2.27 bits per heavy atom. The second-order valence-corrected chi connectivity index (χ2v) is 4.50. The van der Waals surface area contributed by atoms with E-state index < -0.39 is 0 Å². The second-order valence-electron chi connectivity index (χ2n) is 4.50. The standard InChI is InChI=1S/C11H23N3O/c1-4-13-8-10(3)14(7-9(2)12)6-5-11(13)15/h9-10H,4-8,12H2,1-3H3. The zero-order valence-corrected chi connectivity index (χ0v) is 10.1. The quantitative estimate of drug-likeness (QED) is 0.732. The summed E-state index contributed by atoms with van der Waals surface area (Å²) in [6, 6.07) is 0.595. The largest absolute Gasteiger partial charge is 0.341 e. The highest BCUT2D eigenvalue weighted by molar-refractivity contribution is 5.76. The Hall–Kier alpha value is -0.610. The van der Waals surface area contributed by atoms with Gasteiger partial charge in [0.15, 0.2) is 0 Å². The van der Waals surface area contributed by atoms with Crippen LogP contribution in [0.25, 0.3) is 0 Å². The van der Waals surface area contributed by atoms with Gasteiger partial charge in [-0.2, -0.15) is 0 Å².